The molecule has 2 heterocycles. The van der Waals surface area contributed by atoms with Crippen molar-refractivity contribution in [3.05, 3.63) is 48.3 Å². The van der Waals surface area contributed by atoms with Crippen molar-refractivity contribution >= 4 is 5.69 Å². The Labute approximate surface area is 114 Å². The summed E-state index contributed by atoms with van der Waals surface area (Å²) in [6.45, 7) is 4.20. The van der Waals surface area contributed by atoms with E-state index in [1.54, 1.807) is 0 Å². The zero-order valence-corrected chi connectivity index (χ0v) is 11.3. The van der Waals surface area contributed by atoms with E-state index in [2.05, 4.69) is 57.6 Å². The number of nitrogens with one attached hydrogen (secondary N) is 1. The van der Waals surface area contributed by atoms with Crippen LogP contribution in [-0.2, 0) is 0 Å². The summed E-state index contributed by atoms with van der Waals surface area (Å²) in [7, 11) is 0. The van der Waals surface area contributed by atoms with Gasteiger partial charge in [0.25, 0.3) is 0 Å². The molecule has 4 heteroatoms. The van der Waals surface area contributed by atoms with E-state index in [4.69, 9.17) is 0 Å². The standard InChI is InChI=1S/C15H20N4/c1-13-11-16-19(12-13)15-7-9-18(10-8-15)17-14-5-3-2-4-6-14/h2-6,11-12,15,17H,7-10H2,1H3. The van der Waals surface area contributed by atoms with E-state index < -0.39 is 0 Å². The Morgan fingerprint density at radius 2 is 1.89 bits per heavy atom. The Hall–Kier alpha value is -1.81. The van der Waals surface area contributed by atoms with Crippen molar-refractivity contribution in [2.75, 3.05) is 18.5 Å². The second-order valence-corrected chi connectivity index (χ2v) is 5.19. The van der Waals surface area contributed by atoms with Gasteiger partial charge in [-0.2, -0.15) is 5.10 Å². The van der Waals surface area contributed by atoms with Crippen molar-refractivity contribution in [2.45, 2.75) is 25.8 Å². The molecule has 19 heavy (non-hydrogen) atoms. The first kappa shape index (κ1) is 12.2. The maximum atomic E-state index is 4.43. The molecule has 0 saturated carbocycles. The number of hydrazine groups is 1. The second-order valence-electron chi connectivity index (χ2n) is 5.19. The number of hydrogen-bond donors (Lipinski definition) is 1. The minimum atomic E-state index is 0.544. The van der Waals surface area contributed by atoms with Gasteiger partial charge in [0.15, 0.2) is 0 Å². The van der Waals surface area contributed by atoms with Crippen LogP contribution in [0.4, 0.5) is 5.69 Å². The largest absolute Gasteiger partial charge is 0.319 e. The van der Waals surface area contributed by atoms with Crippen molar-refractivity contribution in [1.29, 1.82) is 0 Å². The van der Waals surface area contributed by atoms with E-state index in [0.717, 1.165) is 31.6 Å². The molecular weight excluding hydrogens is 236 g/mol. The van der Waals surface area contributed by atoms with Crippen LogP contribution in [0.25, 0.3) is 0 Å². The van der Waals surface area contributed by atoms with Gasteiger partial charge >= 0.3 is 0 Å². The van der Waals surface area contributed by atoms with Crippen molar-refractivity contribution in [3.8, 4) is 0 Å². The minimum absolute atomic E-state index is 0.544. The Morgan fingerprint density at radius 1 is 1.16 bits per heavy atom. The lowest BCUT2D eigenvalue weighted by Gasteiger charge is -2.32. The monoisotopic (exact) mass is 256 g/mol. The van der Waals surface area contributed by atoms with Crippen LogP contribution in [0.5, 0.6) is 0 Å². The molecule has 1 N–H and O–H groups in total. The summed E-state index contributed by atoms with van der Waals surface area (Å²) < 4.78 is 2.12. The molecule has 0 aliphatic carbocycles. The average Bonchev–Trinajstić information content (AvgIpc) is 2.87. The summed E-state index contributed by atoms with van der Waals surface area (Å²) in [5, 5.41) is 6.72. The third-order valence-corrected chi connectivity index (χ3v) is 3.63. The minimum Gasteiger partial charge on any atom is -0.319 e. The molecule has 0 atom stereocenters. The number of aromatic nitrogens is 2. The Morgan fingerprint density at radius 3 is 2.53 bits per heavy atom. The number of piperidine rings is 1. The van der Waals surface area contributed by atoms with Crippen LogP contribution in [-0.4, -0.2) is 27.9 Å². The lowest BCUT2D eigenvalue weighted by atomic mass is 10.1. The van der Waals surface area contributed by atoms with E-state index in [1.807, 2.05) is 12.3 Å². The number of benzene rings is 1. The number of aryl methyl sites for hydroxylation is 1. The maximum absolute atomic E-state index is 4.43. The van der Waals surface area contributed by atoms with Gasteiger partial charge in [-0.1, -0.05) is 18.2 Å². The molecule has 4 nitrogen and oxygen atoms in total. The Kier molecular flexibility index (Phi) is 3.51. The third kappa shape index (κ3) is 2.96. The van der Waals surface area contributed by atoms with Crippen LogP contribution in [0, 0.1) is 6.92 Å². The Balaban J connectivity index is 1.55. The normalized spacial score (nSPS) is 17.5. The quantitative estimate of drug-likeness (QED) is 0.916. The first-order chi connectivity index (χ1) is 9.31. The molecular formula is C15H20N4. The summed E-state index contributed by atoms with van der Waals surface area (Å²) in [6.07, 6.45) is 6.36. The highest BCUT2D eigenvalue weighted by Gasteiger charge is 2.20. The van der Waals surface area contributed by atoms with Gasteiger partial charge in [-0.3, -0.25) is 4.68 Å². The first-order valence-electron chi connectivity index (χ1n) is 6.89. The smallest absolute Gasteiger partial charge is 0.0545 e. The molecule has 0 unspecified atom stereocenters. The van der Waals surface area contributed by atoms with Crippen LogP contribution in [0.15, 0.2) is 42.7 Å². The molecule has 1 aromatic heterocycles. The predicted octanol–water partition coefficient (Wildman–Crippen LogP) is 2.86. The topological polar surface area (TPSA) is 33.1 Å². The van der Waals surface area contributed by atoms with E-state index >= 15 is 0 Å². The van der Waals surface area contributed by atoms with Gasteiger partial charge in [0, 0.05) is 25.0 Å². The summed E-state index contributed by atoms with van der Waals surface area (Å²) in [6, 6.07) is 10.9. The summed E-state index contributed by atoms with van der Waals surface area (Å²) in [5.74, 6) is 0. The molecule has 1 fully saturated rings. The fraction of sp³-hybridized carbons (Fsp3) is 0.400. The number of hydrogen-bond acceptors (Lipinski definition) is 3. The number of nitrogens with zero attached hydrogens (tertiary/aromatic N) is 3. The maximum Gasteiger partial charge on any atom is 0.0545 e. The van der Waals surface area contributed by atoms with Crippen molar-refractivity contribution in [3.63, 3.8) is 0 Å². The van der Waals surface area contributed by atoms with Crippen LogP contribution >= 0.6 is 0 Å². The molecule has 3 rings (SSSR count). The van der Waals surface area contributed by atoms with E-state index in [1.165, 1.54) is 5.56 Å². The van der Waals surface area contributed by atoms with E-state index in [-0.39, 0.29) is 0 Å². The fourth-order valence-electron chi connectivity index (χ4n) is 2.57. The van der Waals surface area contributed by atoms with E-state index in [9.17, 15) is 0 Å². The Bertz CT molecular complexity index is 512. The van der Waals surface area contributed by atoms with Gasteiger partial charge in [-0.25, -0.2) is 5.01 Å². The zero-order valence-electron chi connectivity index (χ0n) is 11.3. The lowest BCUT2D eigenvalue weighted by Crippen LogP contribution is -2.38. The second kappa shape index (κ2) is 5.45. The SMILES string of the molecule is Cc1cnn(C2CCN(Nc3ccccc3)CC2)c1. The van der Waals surface area contributed by atoms with Gasteiger partial charge in [0.05, 0.1) is 12.2 Å². The third-order valence-electron chi connectivity index (χ3n) is 3.63. The molecule has 100 valence electrons. The van der Waals surface area contributed by atoms with Gasteiger partial charge in [-0.15, -0.1) is 0 Å². The molecule has 0 radical (unpaired) electrons. The number of anilines is 1. The molecule has 1 aliphatic heterocycles. The number of para-hydroxylation sites is 1. The highest BCUT2D eigenvalue weighted by Crippen LogP contribution is 2.22. The van der Waals surface area contributed by atoms with Gasteiger partial charge in [0.1, 0.15) is 0 Å². The molecule has 2 aromatic rings. The molecule has 0 bridgehead atoms. The molecule has 1 aromatic carbocycles. The summed E-state index contributed by atoms with van der Waals surface area (Å²) >= 11 is 0. The fourth-order valence-corrected chi connectivity index (χ4v) is 2.57. The van der Waals surface area contributed by atoms with Crippen molar-refractivity contribution in [1.82, 2.24) is 14.8 Å². The summed E-state index contributed by atoms with van der Waals surface area (Å²) in [4.78, 5) is 0. The van der Waals surface area contributed by atoms with Crippen LogP contribution < -0.4 is 5.43 Å². The van der Waals surface area contributed by atoms with Crippen molar-refractivity contribution in [2.24, 2.45) is 0 Å². The molecule has 0 spiro atoms. The first-order valence-corrected chi connectivity index (χ1v) is 6.89. The zero-order chi connectivity index (χ0) is 13.1. The van der Waals surface area contributed by atoms with Gasteiger partial charge in [-0.05, 0) is 37.5 Å². The lowest BCUT2D eigenvalue weighted by molar-refractivity contribution is 0.210. The van der Waals surface area contributed by atoms with Crippen LogP contribution in [0.1, 0.15) is 24.4 Å². The van der Waals surface area contributed by atoms with Gasteiger partial charge in [0.2, 0.25) is 0 Å². The van der Waals surface area contributed by atoms with Crippen LogP contribution in [0.2, 0.25) is 0 Å². The molecule has 1 saturated heterocycles. The average molecular weight is 256 g/mol. The molecule has 0 amide bonds. The predicted molar refractivity (Wildman–Crippen MR) is 76.9 cm³/mol. The highest BCUT2D eigenvalue weighted by atomic mass is 15.5. The van der Waals surface area contributed by atoms with Crippen molar-refractivity contribution < 1.29 is 0 Å². The summed E-state index contributed by atoms with van der Waals surface area (Å²) in [5.41, 5.74) is 5.87. The molecule has 1 aliphatic rings. The van der Waals surface area contributed by atoms with E-state index in [0.29, 0.717) is 6.04 Å². The highest BCUT2D eigenvalue weighted by molar-refractivity contribution is 5.41. The number of rotatable bonds is 3. The van der Waals surface area contributed by atoms with Gasteiger partial charge < -0.3 is 5.43 Å². The van der Waals surface area contributed by atoms with Crippen LogP contribution in [0.3, 0.4) is 0 Å².